The van der Waals surface area contributed by atoms with Crippen LogP contribution in [-0.4, -0.2) is 31.4 Å². The van der Waals surface area contributed by atoms with Gasteiger partial charge in [0.2, 0.25) is 5.91 Å². The molecule has 0 atom stereocenters. The number of thiazole rings is 1. The number of halogens is 1. The molecule has 130 valence electrons. The third-order valence-corrected chi connectivity index (χ3v) is 5.30. The summed E-state index contributed by atoms with van der Waals surface area (Å²) in [6, 6.07) is 7.68. The topological polar surface area (TPSA) is 72.7 Å². The fraction of sp³-hybridized carbons (Fsp3) is 0.250. The molecule has 1 N–H and O–H groups in total. The highest BCUT2D eigenvalue weighted by atomic mass is 35.5. The van der Waals surface area contributed by atoms with E-state index in [-0.39, 0.29) is 11.7 Å². The Hall–Kier alpha value is -1.90. The first-order valence-corrected chi connectivity index (χ1v) is 9.88. The van der Waals surface area contributed by atoms with Crippen LogP contribution in [0.5, 0.6) is 0 Å². The van der Waals surface area contributed by atoms with Crippen LogP contribution in [0.25, 0.3) is 0 Å². The molecule has 6 nitrogen and oxygen atoms in total. The van der Waals surface area contributed by atoms with Crippen LogP contribution in [0.3, 0.4) is 0 Å². The van der Waals surface area contributed by atoms with Crippen molar-refractivity contribution in [1.29, 1.82) is 0 Å². The Labute approximate surface area is 158 Å². The lowest BCUT2D eigenvalue weighted by atomic mass is 10.1. The highest BCUT2D eigenvalue weighted by Crippen LogP contribution is 2.20. The summed E-state index contributed by atoms with van der Waals surface area (Å²) in [5, 5.41) is 15.1. The van der Waals surface area contributed by atoms with E-state index in [4.69, 9.17) is 11.6 Å². The fourth-order valence-corrected chi connectivity index (χ4v) is 3.72. The van der Waals surface area contributed by atoms with E-state index in [1.165, 1.54) is 23.1 Å². The molecule has 1 amide bonds. The minimum absolute atomic E-state index is 0.107. The predicted molar refractivity (Wildman–Crippen MR) is 101 cm³/mol. The molecule has 1 aromatic carbocycles. The lowest BCUT2D eigenvalue weighted by Gasteiger charge is -2.07. The van der Waals surface area contributed by atoms with Crippen molar-refractivity contribution < 1.29 is 4.79 Å². The van der Waals surface area contributed by atoms with E-state index < -0.39 is 0 Å². The van der Waals surface area contributed by atoms with Gasteiger partial charge in [-0.2, -0.15) is 0 Å². The second-order valence-electron chi connectivity index (χ2n) is 5.12. The molecule has 0 saturated heterocycles. The van der Waals surface area contributed by atoms with Gasteiger partial charge in [0, 0.05) is 29.6 Å². The zero-order chi connectivity index (χ0) is 17.6. The Morgan fingerprint density at radius 2 is 2.12 bits per heavy atom. The lowest BCUT2D eigenvalue weighted by Crippen LogP contribution is -2.14. The number of hydrogen-bond donors (Lipinski definition) is 1. The standard InChI is InChI=1S/C16H16ClN5OS2/c1-2-22-13(9-11-3-5-12(17)6-4-11)20-21-16(22)25-10-14(23)19-15-18-7-8-24-15/h3-8H,2,9-10H2,1H3,(H,18,19,23). The van der Waals surface area contributed by atoms with E-state index >= 15 is 0 Å². The van der Waals surface area contributed by atoms with Crippen LogP contribution >= 0.6 is 34.7 Å². The minimum Gasteiger partial charge on any atom is -0.306 e. The Kier molecular flexibility index (Phi) is 6.06. The van der Waals surface area contributed by atoms with Crippen molar-refractivity contribution in [2.24, 2.45) is 0 Å². The number of nitrogens with zero attached hydrogens (tertiary/aromatic N) is 4. The predicted octanol–water partition coefficient (Wildman–Crippen LogP) is 3.73. The SMILES string of the molecule is CCn1c(Cc2ccc(Cl)cc2)nnc1SCC(=O)Nc1nccs1. The summed E-state index contributed by atoms with van der Waals surface area (Å²) in [5.74, 6) is 1.02. The summed E-state index contributed by atoms with van der Waals surface area (Å²) in [7, 11) is 0. The Balaban J connectivity index is 1.63. The van der Waals surface area contributed by atoms with Gasteiger partial charge < -0.3 is 9.88 Å². The maximum atomic E-state index is 12.0. The summed E-state index contributed by atoms with van der Waals surface area (Å²) in [4.78, 5) is 16.0. The number of benzene rings is 1. The lowest BCUT2D eigenvalue weighted by molar-refractivity contribution is -0.113. The Bertz CT molecular complexity index is 833. The second-order valence-corrected chi connectivity index (χ2v) is 7.39. The molecule has 0 spiro atoms. The quantitative estimate of drug-likeness (QED) is 0.619. The zero-order valence-electron chi connectivity index (χ0n) is 13.5. The zero-order valence-corrected chi connectivity index (χ0v) is 15.9. The monoisotopic (exact) mass is 393 g/mol. The van der Waals surface area contributed by atoms with Crippen LogP contribution in [0.4, 0.5) is 5.13 Å². The summed E-state index contributed by atoms with van der Waals surface area (Å²) < 4.78 is 2.02. The molecule has 0 aliphatic heterocycles. The van der Waals surface area contributed by atoms with Crippen molar-refractivity contribution >= 4 is 45.7 Å². The molecule has 0 aliphatic carbocycles. The minimum atomic E-state index is -0.107. The maximum Gasteiger partial charge on any atom is 0.236 e. The number of carbonyl (C=O) groups excluding carboxylic acids is 1. The van der Waals surface area contributed by atoms with Crippen LogP contribution in [0.15, 0.2) is 41.0 Å². The van der Waals surface area contributed by atoms with E-state index in [0.29, 0.717) is 16.6 Å². The van der Waals surface area contributed by atoms with Gasteiger partial charge in [-0.25, -0.2) is 4.98 Å². The number of nitrogens with one attached hydrogen (secondary N) is 1. The molecule has 3 rings (SSSR count). The van der Waals surface area contributed by atoms with Crippen molar-refractivity contribution in [3.05, 3.63) is 52.3 Å². The molecular formula is C16H16ClN5OS2. The fourth-order valence-electron chi connectivity index (χ4n) is 2.23. The van der Waals surface area contributed by atoms with Gasteiger partial charge in [-0.05, 0) is 24.6 Å². The molecule has 0 saturated carbocycles. The van der Waals surface area contributed by atoms with E-state index in [0.717, 1.165) is 23.1 Å². The highest BCUT2D eigenvalue weighted by Gasteiger charge is 2.14. The summed E-state index contributed by atoms with van der Waals surface area (Å²) in [5.41, 5.74) is 1.12. The van der Waals surface area contributed by atoms with Crippen molar-refractivity contribution in [2.75, 3.05) is 11.1 Å². The summed E-state index contributed by atoms with van der Waals surface area (Å²) in [6.07, 6.45) is 2.33. The number of hydrogen-bond acceptors (Lipinski definition) is 6. The molecule has 0 radical (unpaired) electrons. The van der Waals surface area contributed by atoms with E-state index in [1.807, 2.05) is 41.1 Å². The van der Waals surface area contributed by atoms with Crippen LogP contribution in [0.2, 0.25) is 5.02 Å². The first kappa shape index (κ1) is 17.9. The van der Waals surface area contributed by atoms with E-state index in [1.54, 1.807) is 6.20 Å². The third kappa shape index (κ3) is 4.81. The van der Waals surface area contributed by atoms with Gasteiger partial charge in [0.25, 0.3) is 0 Å². The van der Waals surface area contributed by atoms with Crippen LogP contribution < -0.4 is 5.32 Å². The van der Waals surface area contributed by atoms with Crippen molar-refractivity contribution in [2.45, 2.75) is 25.0 Å². The molecular weight excluding hydrogens is 378 g/mol. The van der Waals surface area contributed by atoms with Gasteiger partial charge in [-0.1, -0.05) is 35.5 Å². The number of rotatable bonds is 7. The van der Waals surface area contributed by atoms with Gasteiger partial charge in [0.05, 0.1) is 5.75 Å². The van der Waals surface area contributed by atoms with Crippen LogP contribution in [0, 0.1) is 0 Å². The average Bonchev–Trinajstić information content (AvgIpc) is 3.24. The summed E-state index contributed by atoms with van der Waals surface area (Å²) >= 11 is 8.68. The number of aromatic nitrogens is 4. The number of thioether (sulfide) groups is 1. The Morgan fingerprint density at radius 1 is 1.32 bits per heavy atom. The highest BCUT2D eigenvalue weighted by molar-refractivity contribution is 7.99. The number of anilines is 1. The molecule has 0 unspecified atom stereocenters. The molecule has 9 heteroatoms. The first-order valence-electron chi connectivity index (χ1n) is 7.64. The van der Waals surface area contributed by atoms with Gasteiger partial charge in [-0.3, -0.25) is 4.79 Å². The molecule has 0 bridgehead atoms. The molecule has 2 heterocycles. The third-order valence-electron chi connectivity index (χ3n) is 3.40. The average molecular weight is 394 g/mol. The van der Waals surface area contributed by atoms with Crippen molar-refractivity contribution in [3.63, 3.8) is 0 Å². The molecule has 0 aliphatic rings. The summed E-state index contributed by atoms with van der Waals surface area (Å²) in [6.45, 7) is 2.78. The van der Waals surface area contributed by atoms with Crippen molar-refractivity contribution in [1.82, 2.24) is 19.7 Å². The smallest absolute Gasteiger partial charge is 0.236 e. The van der Waals surface area contributed by atoms with Gasteiger partial charge in [0.1, 0.15) is 5.82 Å². The van der Waals surface area contributed by atoms with E-state index in [9.17, 15) is 4.79 Å². The van der Waals surface area contributed by atoms with Crippen LogP contribution in [-0.2, 0) is 17.8 Å². The molecule has 3 aromatic rings. The van der Waals surface area contributed by atoms with Gasteiger partial charge >= 0.3 is 0 Å². The normalized spacial score (nSPS) is 10.8. The Morgan fingerprint density at radius 3 is 2.80 bits per heavy atom. The van der Waals surface area contributed by atoms with E-state index in [2.05, 4.69) is 20.5 Å². The largest absolute Gasteiger partial charge is 0.306 e. The van der Waals surface area contributed by atoms with Gasteiger partial charge in [0.15, 0.2) is 10.3 Å². The molecule has 0 fully saturated rings. The first-order chi connectivity index (χ1) is 12.2. The number of amides is 1. The van der Waals surface area contributed by atoms with Crippen molar-refractivity contribution in [3.8, 4) is 0 Å². The number of carbonyl (C=O) groups is 1. The van der Waals surface area contributed by atoms with Crippen LogP contribution in [0.1, 0.15) is 18.3 Å². The second kappa shape index (κ2) is 8.46. The maximum absolute atomic E-state index is 12.0. The molecule has 2 aromatic heterocycles. The van der Waals surface area contributed by atoms with Gasteiger partial charge in [-0.15, -0.1) is 21.5 Å². The molecule has 25 heavy (non-hydrogen) atoms.